The summed E-state index contributed by atoms with van der Waals surface area (Å²) in [4.78, 5) is 3.40. The molecule has 0 atom stereocenters. The third-order valence-electron chi connectivity index (χ3n) is 3.26. The van der Waals surface area contributed by atoms with E-state index in [1.54, 1.807) is 6.07 Å². The van der Waals surface area contributed by atoms with Crippen molar-refractivity contribution >= 4 is 37.3 Å². The molecule has 5 nitrogen and oxygen atoms in total. The van der Waals surface area contributed by atoms with E-state index in [0.717, 1.165) is 17.4 Å². The highest BCUT2D eigenvalue weighted by Crippen LogP contribution is 2.32. The van der Waals surface area contributed by atoms with E-state index in [-0.39, 0.29) is 23.2 Å². The maximum Gasteiger partial charge on any atom is 0.433 e. The van der Waals surface area contributed by atoms with Crippen molar-refractivity contribution in [1.29, 1.82) is 0 Å². The summed E-state index contributed by atoms with van der Waals surface area (Å²) in [5.74, 6) is -0.175. The van der Waals surface area contributed by atoms with Crippen LogP contribution in [-0.4, -0.2) is 36.9 Å². The Labute approximate surface area is 148 Å². The summed E-state index contributed by atoms with van der Waals surface area (Å²) >= 11 is 4.29. The molecule has 1 saturated heterocycles. The number of aromatic nitrogens is 1. The highest BCUT2D eigenvalue weighted by Gasteiger charge is 2.39. The molecule has 0 N–H and O–H groups in total. The Morgan fingerprint density at radius 1 is 1.25 bits per heavy atom. The molecule has 0 amide bonds. The molecule has 24 heavy (non-hydrogen) atoms. The normalized spacial score (nSPS) is 16.8. The van der Waals surface area contributed by atoms with Crippen molar-refractivity contribution in [3.8, 4) is 5.88 Å². The fraction of sp³-hybridized carbons (Fsp3) is 0.308. The summed E-state index contributed by atoms with van der Waals surface area (Å²) in [5.41, 5.74) is -1.05. The molecule has 1 fully saturated rings. The molecule has 2 aromatic heterocycles. The van der Waals surface area contributed by atoms with Crippen LogP contribution in [0, 0.1) is 0 Å². The number of halogens is 4. The topological polar surface area (TPSA) is 59.5 Å². The summed E-state index contributed by atoms with van der Waals surface area (Å²) in [6, 6.07) is 6.48. The monoisotopic (exact) mass is 442 g/mol. The van der Waals surface area contributed by atoms with Crippen LogP contribution in [0.5, 0.6) is 5.88 Å². The molecule has 0 unspecified atom stereocenters. The number of nitrogens with zero attached hydrogens (tertiary/aromatic N) is 2. The van der Waals surface area contributed by atoms with Gasteiger partial charge in [-0.3, -0.25) is 0 Å². The van der Waals surface area contributed by atoms with Gasteiger partial charge in [0.2, 0.25) is 5.88 Å². The lowest BCUT2D eigenvalue weighted by Crippen LogP contribution is -2.55. The van der Waals surface area contributed by atoms with Gasteiger partial charge in [-0.2, -0.15) is 17.5 Å². The Kier molecular flexibility index (Phi) is 4.62. The van der Waals surface area contributed by atoms with Crippen LogP contribution >= 0.6 is 27.3 Å². The number of ether oxygens (including phenoxy) is 1. The molecule has 0 spiro atoms. The van der Waals surface area contributed by atoms with Crippen molar-refractivity contribution in [3.63, 3.8) is 0 Å². The minimum Gasteiger partial charge on any atom is -0.472 e. The number of hydrogen-bond acceptors (Lipinski definition) is 5. The number of alkyl halides is 3. The van der Waals surface area contributed by atoms with Gasteiger partial charge in [0.15, 0.2) is 0 Å². The minimum atomic E-state index is -4.55. The second kappa shape index (κ2) is 6.28. The first-order valence-corrected chi connectivity index (χ1v) is 9.67. The largest absolute Gasteiger partial charge is 0.472 e. The van der Waals surface area contributed by atoms with Gasteiger partial charge in [0.05, 0.1) is 16.9 Å². The number of thiophene rings is 1. The molecule has 0 bridgehead atoms. The van der Waals surface area contributed by atoms with Crippen molar-refractivity contribution in [1.82, 2.24) is 9.29 Å². The van der Waals surface area contributed by atoms with E-state index in [2.05, 4.69) is 20.9 Å². The van der Waals surface area contributed by atoms with Gasteiger partial charge >= 0.3 is 6.18 Å². The van der Waals surface area contributed by atoms with E-state index in [1.165, 1.54) is 22.5 Å². The van der Waals surface area contributed by atoms with Gasteiger partial charge in [-0.1, -0.05) is 6.07 Å². The highest BCUT2D eigenvalue weighted by molar-refractivity contribution is 9.11. The van der Waals surface area contributed by atoms with Crippen LogP contribution in [0.4, 0.5) is 13.2 Å². The highest BCUT2D eigenvalue weighted by atomic mass is 79.9. The lowest BCUT2D eigenvalue weighted by Gasteiger charge is -2.37. The average Bonchev–Trinajstić information content (AvgIpc) is 2.89. The lowest BCUT2D eigenvalue weighted by molar-refractivity contribution is -0.141. The molecular weight excluding hydrogens is 433 g/mol. The Hall–Kier alpha value is -1.17. The van der Waals surface area contributed by atoms with E-state index in [9.17, 15) is 21.6 Å². The van der Waals surface area contributed by atoms with E-state index in [0.29, 0.717) is 3.79 Å². The van der Waals surface area contributed by atoms with E-state index >= 15 is 0 Å². The Bertz CT molecular complexity index is 848. The zero-order valence-electron chi connectivity index (χ0n) is 11.8. The first-order valence-electron chi connectivity index (χ1n) is 6.62. The summed E-state index contributed by atoms with van der Waals surface area (Å²) < 4.78 is 69.9. The second-order valence-electron chi connectivity index (χ2n) is 4.98. The zero-order valence-corrected chi connectivity index (χ0v) is 15.0. The summed E-state index contributed by atoms with van der Waals surface area (Å²) in [6.45, 7) is 0.131. The van der Waals surface area contributed by atoms with Gasteiger partial charge in [0, 0.05) is 6.07 Å². The minimum absolute atomic E-state index is 0.0653. The number of sulfonamides is 1. The van der Waals surface area contributed by atoms with E-state index < -0.39 is 28.0 Å². The molecule has 0 radical (unpaired) electrons. The molecule has 130 valence electrons. The molecule has 0 aromatic carbocycles. The quantitative estimate of drug-likeness (QED) is 0.727. The third kappa shape index (κ3) is 3.58. The maximum atomic E-state index is 12.6. The van der Waals surface area contributed by atoms with Crippen LogP contribution in [0.3, 0.4) is 0 Å². The lowest BCUT2D eigenvalue weighted by atomic mass is 10.2. The molecule has 1 aliphatic rings. The molecule has 3 heterocycles. The van der Waals surface area contributed by atoms with E-state index in [4.69, 9.17) is 4.74 Å². The molecule has 3 rings (SSSR count). The molecule has 2 aromatic rings. The summed E-state index contributed by atoms with van der Waals surface area (Å²) in [7, 11) is -3.60. The molecule has 0 saturated carbocycles. The van der Waals surface area contributed by atoms with Gasteiger partial charge in [-0.25, -0.2) is 13.4 Å². The average molecular weight is 443 g/mol. The zero-order chi connectivity index (χ0) is 17.5. The van der Waals surface area contributed by atoms with Crippen LogP contribution in [0.25, 0.3) is 0 Å². The SMILES string of the molecule is O=S(=O)(c1ccc(Br)s1)N1CC(Oc2cccc(C(F)(F)F)n2)C1. The Morgan fingerprint density at radius 3 is 2.54 bits per heavy atom. The van der Waals surface area contributed by atoms with Crippen LogP contribution in [0.15, 0.2) is 38.3 Å². The summed E-state index contributed by atoms with van der Waals surface area (Å²) in [5, 5.41) is 0. The van der Waals surface area contributed by atoms with Crippen molar-refractivity contribution in [3.05, 3.63) is 39.8 Å². The Balaban J connectivity index is 1.64. The van der Waals surface area contributed by atoms with Crippen LogP contribution < -0.4 is 4.74 Å². The van der Waals surface area contributed by atoms with Gasteiger partial charge < -0.3 is 4.74 Å². The van der Waals surface area contributed by atoms with Gasteiger partial charge in [-0.05, 0) is 34.1 Å². The molecular formula is C13H10BrF3N2O3S2. The number of pyridine rings is 1. The first-order chi connectivity index (χ1) is 11.2. The third-order valence-corrected chi connectivity index (χ3v) is 7.18. The van der Waals surface area contributed by atoms with Gasteiger partial charge in [-0.15, -0.1) is 11.3 Å². The first kappa shape index (κ1) is 17.6. The smallest absolute Gasteiger partial charge is 0.433 e. The van der Waals surface area contributed by atoms with Crippen LogP contribution in [-0.2, 0) is 16.2 Å². The Morgan fingerprint density at radius 2 is 1.96 bits per heavy atom. The maximum absolute atomic E-state index is 12.6. The van der Waals surface area contributed by atoms with Crippen LogP contribution in [0.2, 0.25) is 0 Å². The van der Waals surface area contributed by atoms with Crippen molar-refractivity contribution in [2.75, 3.05) is 13.1 Å². The molecule has 1 aliphatic heterocycles. The fourth-order valence-corrected chi connectivity index (χ4v) is 5.71. The fourth-order valence-electron chi connectivity index (χ4n) is 2.04. The van der Waals surface area contributed by atoms with E-state index in [1.807, 2.05) is 0 Å². The second-order valence-corrected chi connectivity index (χ2v) is 9.61. The van der Waals surface area contributed by atoms with Crippen molar-refractivity contribution < 1.29 is 26.3 Å². The van der Waals surface area contributed by atoms with Crippen molar-refractivity contribution in [2.24, 2.45) is 0 Å². The molecule has 0 aliphatic carbocycles. The van der Waals surface area contributed by atoms with Crippen molar-refractivity contribution in [2.45, 2.75) is 16.5 Å². The number of rotatable bonds is 4. The predicted molar refractivity (Wildman–Crippen MR) is 84.4 cm³/mol. The van der Waals surface area contributed by atoms with Gasteiger partial charge in [0.25, 0.3) is 10.0 Å². The van der Waals surface area contributed by atoms with Gasteiger partial charge in [0.1, 0.15) is 16.0 Å². The summed E-state index contributed by atoms with van der Waals surface area (Å²) in [6.07, 6.45) is -5.08. The molecule has 11 heteroatoms. The standard InChI is InChI=1S/C13H10BrF3N2O3S2/c14-10-4-5-12(23-10)24(20,21)19-6-8(7-19)22-11-3-1-2-9(18-11)13(15,16)17/h1-5,8H,6-7H2. The number of hydrogen-bond donors (Lipinski definition) is 0. The predicted octanol–water partition coefficient (Wildman–Crippen LogP) is 3.38. The van der Waals surface area contributed by atoms with Crippen LogP contribution in [0.1, 0.15) is 5.69 Å².